The Morgan fingerprint density at radius 2 is 1.82 bits per heavy atom. The number of allylic oxidation sites excluding steroid dienone is 1. The van der Waals surface area contributed by atoms with Crippen LogP contribution >= 0.6 is 11.3 Å². The van der Waals surface area contributed by atoms with E-state index in [1.54, 1.807) is 57.4 Å². The van der Waals surface area contributed by atoms with Crippen molar-refractivity contribution < 1.29 is 28.5 Å². The Bertz CT molecular complexity index is 1580. The first-order valence-corrected chi connectivity index (χ1v) is 12.9. The lowest BCUT2D eigenvalue weighted by Gasteiger charge is -2.24. The van der Waals surface area contributed by atoms with Crippen molar-refractivity contribution in [2.45, 2.75) is 33.7 Å². The number of esters is 2. The largest absolute Gasteiger partial charge is 0.497 e. The maximum atomic E-state index is 13.8. The molecule has 0 fully saturated rings. The average Bonchev–Trinajstić information content (AvgIpc) is 3.19. The van der Waals surface area contributed by atoms with E-state index in [1.165, 1.54) is 22.8 Å². The molecule has 0 radical (unpaired) electrons. The number of benzene rings is 2. The van der Waals surface area contributed by atoms with Crippen molar-refractivity contribution in [2.24, 2.45) is 4.99 Å². The molecule has 1 atom stereocenters. The first-order chi connectivity index (χ1) is 18.3. The van der Waals surface area contributed by atoms with Crippen molar-refractivity contribution in [1.82, 2.24) is 4.57 Å². The Kier molecular flexibility index (Phi) is 8.11. The third kappa shape index (κ3) is 5.40. The number of thiazole rings is 1. The summed E-state index contributed by atoms with van der Waals surface area (Å²) in [5.74, 6) is 0.361. The second kappa shape index (κ2) is 11.5. The SMILES string of the molecule is CCOC(=O)C1=C(C)N=c2sc(=Cc3ccc(OC(C)=O)c(OCC)c3)c(=O)n2[C@@H]1c1ccc(OC)cc1. The maximum Gasteiger partial charge on any atom is 0.338 e. The number of hydrogen-bond acceptors (Lipinski definition) is 9. The highest BCUT2D eigenvalue weighted by Gasteiger charge is 2.33. The topological polar surface area (TPSA) is 105 Å². The summed E-state index contributed by atoms with van der Waals surface area (Å²) in [6.07, 6.45) is 1.72. The quantitative estimate of drug-likeness (QED) is 0.322. The fourth-order valence-corrected chi connectivity index (χ4v) is 5.21. The van der Waals surface area contributed by atoms with E-state index in [9.17, 15) is 14.4 Å². The van der Waals surface area contributed by atoms with Crippen molar-refractivity contribution in [1.29, 1.82) is 0 Å². The first kappa shape index (κ1) is 26.9. The molecule has 0 amide bonds. The van der Waals surface area contributed by atoms with Crippen LogP contribution in [0.2, 0.25) is 0 Å². The van der Waals surface area contributed by atoms with Gasteiger partial charge in [-0.1, -0.05) is 29.5 Å². The Balaban J connectivity index is 1.88. The van der Waals surface area contributed by atoms with E-state index >= 15 is 0 Å². The van der Waals surface area contributed by atoms with Gasteiger partial charge in [-0.2, -0.15) is 0 Å². The summed E-state index contributed by atoms with van der Waals surface area (Å²) in [5.41, 5.74) is 1.89. The summed E-state index contributed by atoms with van der Waals surface area (Å²) in [6, 6.07) is 11.5. The molecule has 1 aromatic heterocycles. The highest BCUT2D eigenvalue weighted by Crippen LogP contribution is 2.32. The van der Waals surface area contributed by atoms with Crippen LogP contribution in [0.15, 0.2) is 63.5 Å². The Hall–Kier alpha value is -4.18. The molecular formula is C28H28N2O7S. The number of methoxy groups -OCH3 is 1. The van der Waals surface area contributed by atoms with Gasteiger partial charge >= 0.3 is 11.9 Å². The molecule has 198 valence electrons. The second-order valence-corrected chi connectivity index (χ2v) is 9.32. The molecule has 10 heteroatoms. The van der Waals surface area contributed by atoms with Crippen molar-refractivity contribution >= 4 is 29.4 Å². The molecule has 0 saturated heterocycles. The molecule has 0 spiro atoms. The Labute approximate surface area is 223 Å². The number of nitrogens with zero attached hydrogens (tertiary/aromatic N) is 2. The number of fused-ring (bicyclic) bond motifs is 1. The van der Waals surface area contributed by atoms with E-state index in [2.05, 4.69) is 4.99 Å². The highest BCUT2D eigenvalue weighted by atomic mass is 32.1. The van der Waals surface area contributed by atoms with Crippen molar-refractivity contribution in [3.05, 3.63) is 84.5 Å². The lowest BCUT2D eigenvalue weighted by molar-refractivity contribution is -0.139. The minimum absolute atomic E-state index is 0.195. The molecule has 0 N–H and O–H groups in total. The number of carbonyl (C=O) groups is 2. The fraction of sp³-hybridized carbons (Fsp3) is 0.286. The predicted molar refractivity (Wildman–Crippen MR) is 142 cm³/mol. The molecule has 0 saturated carbocycles. The predicted octanol–water partition coefficient (Wildman–Crippen LogP) is 3.13. The van der Waals surface area contributed by atoms with Gasteiger partial charge < -0.3 is 18.9 Å². The third-order valence-corrected chi connectivity index (χ3v) is 6.75. The molecule has 0 unspecified atom stereocenters. The summed E-state index contributed by atoms with van der Waals surface area (Å²) >= 11 is 1.22. The lowest BCUT2D eigenvalue weighted by Crippen LogP contribution is -2.39. The fourth-order valence-electron chi connectivity index (χ4n) is 4.17. The van der Waals surface area contributed by atoms with Crippen molar-refractivity contribution in [2.75, 3.05) is 20.3 Å². The first-order valence-electron chi connectivity index (χ1n) is 12.1. The van der Waals surface area contributed by atoms with Crippen LogP contribution in [0.1, 0.15) is 44.9 Å². The van der Waals surface area contributed by atoms with E-state index in [-0.39, 0.29) is 12.2 Å². The van der Waals surface area contributed by atoms with E-state index in [4.69, 9.17) is 18.9 Å². The Morgan fingerprint density at radius 3 is 2.45 bits per heavy atom. The summed E-state index contributed by atoms with van der Waals surface area (Å²) in [4.78, 5) is 43.3. The van der Waals surface area contributed by atoms with E-state index in [0.29, 0.717) is 50.0 Å². The summed E-state index contributed by atoms with van der Waals surface area (Å²) in [7, 11) is 1.57. The van der Waals surface area contributed by atoms with Crippen LogP contribution in [-0.2, 0) is 14.3 Å². The van der Waals surface area contributed by atoms with Crippen LogP contribution in [-0.4, -0.2) is 36.8 Å². The third-order valence-electron chi connectivity index (χ3n) is 5.77. The van der Waals surface area contributed by atoms with Gasteiger partial charge in [-0.25, -0.2) is 9.79 Å². The minimum atomic E-state index is -0.719. The average molecular weight is 537 g/mol. The number of ether oxygens (including phenoxy) is 4. The molecule has 0 bridgehead atoms. The van der Waals surface area contributed by atoms with Gasteiger partial charge in [0, 0.05) is 6.92 Å². The van der Waals surface area contributed by atoms with Gasteiger partial charge in [-0.15, -0.1) is 0 Å². The van der Waals surface area contributed by atoms with Crippen LogP contribution in [0.5, 0.6) is 17.2 Å². The van der Waals surface area contributed by atoms with Crippen LogP contribution in [0.4, 0.5) is 0 Å². The zero-order valence-corrected chi connectivity index (χ0v) is 22.6. The summed E-state index contributed by atoms with van der Waals surface area (Å²) in [5, 5.41) is 0. The zero-order valence-electron chi connectivity index (χ0n) is 21.8. The van der Waals surface area contributed by atoms with Gasteiger partial charge in [0.2, 0.25) is 0 Å². The van der Waals surface area contributed by atoms with Gasteiger partial charge in [0.05, 0.1) is 42.2 Å². The lowest BCUT2D eigenvalue weighted by atomic mass is 9.96. The van der Waals surface area contributed by atoms with Crippen LogP contribution in [0, 0.1) is 0 Å². The molecule has 1 aliphatic rings. The van der Waals surface area contributed by atoms with Crippen molar-refractivity contribution in [3.63, 3.8) is 0 Å². The van der Waals surface area contributed by atoms with Gasteiger partial charge in [-0.3, -0.25) is 14.2 Å². The number of aromatic nitrogens is 1. The number of rotatable bonds is 8. The molecular weight excluding hydrogens is 508 g/mol. The van der Waals surface area contributed by atoms with Crippen LogP contribution in [0.3, 0.4) is 0 Å². The monoisotopic (exact) mass is 536 g/mol. The van der Waals surface area contributed by atoms with E-state index in [0.717, 1.165) is 5.56 Å². The van der Waals surface area contributed by atoms with Crippen molar-refractivity contribution in [3.8, 4) is 17.2 Å². The standard InChI is InChI=1S/C28H28N2O7S/c1-6-35-22-14-18(8-13-21(22)37-17(4)31)15-23-26(32)30-25(19-9-11-20(34-5)12-10-19)24(27(33)36-7-2)16(3)29-28(30)38-23/h8-15,25H,6-7H2,1-5H3/t25-/m1/s1. The van der Waals surface area contributed by atoms with Crippen LogP contribution < -0.4 is 29.1 Å². The van der Waals surface area contributed by atoms with E-state index in [1.807, 2.05) is 19.1 Å². The minimum Gasteiger partial charge on any atom is -0.497 e. The smallest absolute Gasteiger partial charge is 0.338 e. The molecule has 4 rings (SSSR count). The molecule has 38 heavy (non-hydrogen) atoms. The molecule has 9 nitrogen and oxygen atoms in total. The molecule has 2 heterocycles. The van der Waals surface area contributed by atoms with Gasteiger partial charge in [-0.05, 0) is 62.2 Å². The molecule has 2 aromatic carbocycles. The normalized spacial score (nSPS) is 15.0. The van der Waals surface area contributed by atoms with Gasteiger partial charge in [0.25, 0.3) is 5.56 Å². The summed E-state index contributed by atoms with van der Waals surface area (Å²) in [6.45, 7) is 7.18. The highest BCUT2D eigenvalue weighted by molar-refractivity contribution is 7.07. The molecule has 1 aliphatic heterocycles. The van der Waals surface area contributed by atoms with Gasteiger partial charge in [0.1, 0.15) is 5.75 Å². The second-order valence-electron chi connectivity index (χ2n) is 8.31. The Morgan fingerprint density at radius 1 is 1.08 bits per heavy atom. The zero-order chi connectivity index (χ0) is 27.4. The van der Waals surface area contributed by atoms with Gasteiger partial charge in [0.15, 0.2) is 16.3 Å². The summed E-state index contributed by atoms with van der Waals surface area (Å²) < 4.78 is 23.4. The number of carbonyl (C=O) groups excluding carboxylic acids is 2. The molecule has 0 aliphatic carbocycles. The molecule has 3 aromatic rings. The number of hydrogen-bond donors (Lipinski definition) is 0. The maximum absolute atomic E-state index is 13.8. The van der Waals surface area contributed by atoms with E-state index < -0.39 is 18.0 Å². The van der Waals surface area contributed by atoms with Crippen LogP contribution in [0.25, 0.3) is 6.08 Å².